The number of urea groups is 1. The van der Waals surface area contributed by atoms with Crippen molar-refractivity contribution in [3.63, 3.8) is 0 Å². The second-order valence-corrected chi connectivity index (χ2v) is 6.40. The number of carbonyl (C=O) groups is 2. The van der Waals surface area contributed by atoms with Crippen molar-refractivity contribution in [2.45, 2.75) is 19.4 Å². The number of hydrogen-bond donors (Lipinski definition) is 2. The lowest BCUT2D eigenvalue weighted by molar-refractivity contribution is -0.131. The maximum atomic E-state index is 12.7. The van der Waals surface area contributed by atoms with E-state index in [1.54, 1.807) is 18.7 Å². The molecular formula is C19H22N4O2. The van der Waals surface area contributed by atoms with E-state index in [-0.39, 0.29) is 25.3 Å². The Balaban J connectivity index is 1.67. The molecule has 0 saturated carbocycles. The molecule has 130 valence electrons. The average Bonchev–Trinajstić information content (AvgIpc) is 2.78. The second-order valence-electron chi connectivity index (χ2n) is 6.40. The molecular weight excluding hydrogens is 316 g/mol. The Kier molecular flexibility index (Phi) is 4.61. The summed E-state index contributed by atoms with van der Waals surface area (Å²) in [7, 11) is 0. The highest BCUT2D eigenvalue weighted by Crippen LogP contribution is 2.27. The highest BCUT2D eigenvalue weighted by molar-refractivity contribution is 6.06. The highest BCUT2D eigenvalue weighted by atomic mass is 16.2. The summed E-state index contributed by atoms with van der Waals surface area (Å²) in [5.41, 5.74) is 0.873. The first-order chi connectivity index (χ1) is 12.0. The van der Waals surface area contributed by atoms with Crippen molar-refractivity contribution in [1.29, 1.82) is 0 Å². The predicted molar refractivity (Wildman–Crippen MR) is 98.0 cm³/mol. The second kappa shape index (κ2) is 6.84. The Labute approximate surface area is 147 Å². The Hall–Kier alpha value is -3.02. The predicted octanol–water partition coefficient (Wildman–Crippen LogP) is 3.17. The molecule has 0 spiro atoms. The van der Waals surface area contributed by atoms with Crippen LogP contribution in [-0.2, 0) is 4.79 Å². The Morgan fingerprint density at radius 1 is 0.800 bits per heavy atom. The molecule has 3 amide bonds. The number of nitrogens with zero attached hydrogens (tertiary/aromatic N) is 2. The third kappa shape index (κ3) is 3.42. The largest absolute Gasteiger partial charge is 0.368 e. The normalized spacial score (nSPS) is 16.2. The van der Waals surface area contributed by atoms with Crippen LogP contribution in [0.25, 0.3) is 0 Å². The number of para-hydroxylation sites is 2. The quantitative estimate of drug-likeness (QED) is 0.794. The minimum Gasteiger partial charge on any atom is -0.368 e. The van der Waals surface area contributed by atoms with E-state index < -0.39 is 5.54 Å². The van der Waals surface area contributed by atoms with E-state index in [2.05, 4.69) is 10.6 Å². The summed E-state index contributed by atoms with van der Waals surface area (Å²) in [6, 6.07) is 18.8. The maximum absolute atomic E-state index is 12.7. The Morgan fingerprint density at radius 3 is 1.80 bits per heavy atom. The molecule has 0 unspecified atom stereocenters. The third-order valence-electron chi connectivity index (χ3n) is 4.34. The summed E-state index contributed by atoms with van der Waals surface area (Å²) in [6.07, 6.45) is 0. The van der Waals surface area contributed by atoms with Gasteiger partial charge in [0.2, 0.25) is 0 Å². The highest BCUT2D eigenvalue weighted by Gasteiger charge is 2.50. The zero-order chi connectivity index (χ0) is 17.9. The van der Waals surface area contributed by atoms with E-state index in [0.717, 1.165) is 11.4 Å². The molecule has 1 aliphatic rings. The lowest BCUT2D eigenvalue weighted by Gasteiger charge is -2.28. The lowest BCUT2D eigenvalue weighted by Crippen LogP contribution is -2.46. The molecule has 0 radical (unpaired) electrons. The van der Waals surface area contributed by atoms with Crippen LogP contribution in [0.15, 0.2) is 60.7 Å². The molecule has 0 aliphatic carbocycles. The number of nitrogens with one attached hydrogen (secondary N) is 2. The maximum Gasteiger partial charge on any atom is 0.330 e. The molecule has 0 aromatic heterocycles. The monoisotopic (exact) mass is 338 g/mol. The number of amides is 3. The van der Waals surface area contributed by atoms with Crippen LogP contribution in [0, 0.1) is 0 Å². The minimum absolute atomic E-state index is 0.146. The van der Waals surface area contributed by atoms with Gasteiger partial charge in [-0.2, -0.15) is 0 Å². The van der Waals surface area contributed by atoms with Gasteiger partial charge in [0.25, 0.3) is 5.91 Å². The van der Waals surface area contributed by atoms with Gasteiger partial charge in [-0.15, -0.1) is 0 Å². The fourth-order valence-corrected chi connectivity index (χ4v) is 2.77. The van der Waals surface area contributed by atoms with Gasteiger partial charge >= 0.3 is 6.03 Å². The van der Waals surface area contributed by atoms with Crippen LogP contribution < -0.4 is 10.6 Å². The fraction of sp³-hybridized carbons (Fsp3) is 0.263. The van der Waals surface area contributed by atoms with Gasteiger partial charge in [-0.05, 0) is 38.1 Å². The molecule has 0 atom stereocenters. The van der Waals surface area contributed by atoms with Gasteiger partial charge in [-0.1, -0.05) is 36.4 Å². The number of hydrogen-bond acceptors (Lipinski definition) is 4. The van der Waals surface area contributed by atoms with Crippen molar-refractivity contribution in [3.8, 4) is 0 Å². The molecule has 2 aromatic rings. The van der Waals surface area contributed by atoms with Gasteiger partial charge in [-0.25, -0.2) is 9.69 Å². The zero-order valence-electron chi connectivity index (χ0n) is 14.4. The summed E-state index contributed by atoms with van der Waals surface area (Å²) in [6.45, 7) is 3.95. The van der Waals surface area contributed by atoms with Gasteiger partial charge in [0.15, 0.2) is 0 Å². The summed E-state index contributed by atoms with van der Waals surface area (Å²) in [4.78, 5) is 28.2. The molecule has 0 bridgehead atoms. The number of imide groups is 1. The van der Waals surface area contributed by atoms with E-state index in [0.29, 0.717) is 0 Å². The van der Waals surface area contributed by atoms with Crippen LogP contribution in [0.1, 0.15) is 13.8 Å². The third-order valence-corrected chi connectivity index (χ3v) is 4.34. The number of rotatable bonds is 6. The van der Waals surface area contributed by atoms with Gasteiger partial charge in [0.05, 0.1) is 13.3 Å². The van der Waals surface area contributed by atoms with Crippen LogP contribution in [-0.4, -0.2) is 40.6 Å². The van der Waals surface area contributed by atoms with Crippen LogP contribution in [0.4, 0.5) is 16.2 Å². The van der Waals surface area contributed by atoms with E-state index in [9.17, 15) is 9.59 Å². The Bertz CT molecular complexity index is 747. The topological polar surface area (TPSA) is 64.7 Å². The van der Waals surface area contributed by atoms with Crippen molar-refractivity contribution >= 4 is 23.3 Å². The molecule has 1 saturated heterocycles. The van der Waals surface area contributed by atoms with Gasteiger partial charge < -0.3 is 10.6 Å². The van der Waals surface area contributed by atoms with E-state index in [1.807, 2.05) is 60.7 Å². The van der Waals surface area contributed by atoms with Crippen molar-refractivity contribution in [1.82, 2.24) is 9.80 Å². The first-order valence-electron chi connectivity index (χ1n) is 8.21. The number of carbonyl (C=O) groups excluding carboxylic acids is 2. The minimum atomic E-state index is -0.892. The molecule has 6 nitrogen and oxygen atoms in total. The SMILES string of the molecule is CC1(C)C(=O)N(CNc2ccccc2)C(=O)N1CNc1ccccc1. The molecule has 1 fully saturated rings. The van der Waals surface area contributed by atoms with Crippen LogP contribution in [0.5, 0.6) is 0 Å². The van der Waals surface area contributed by atoms with E-state index in [1.165, 1.54) is 4.90 Å². The summed E-state index contributed by atoms with van der Waals surface area (Å²) in [5.74, 6) is -0.212. The van der Waals surface area contributed by atoms with Crippen molar-refractivity contribution in [2.24, 2.45) is 0 Å². The van der Waals surface area contributed by atoms with Gasteiger partial charge in [-0.3, -0.25) is 9.69 Å². The molecule has 1 heterocycles. The molecule has 2 N–H and O–H groups in total. The van der Waals surface area contributed by atoms with Crippen LogP contribution in [0.3, 0.4) is 0 Å². The Morgan fingerprint density at radius 2 is 1.28 bits per heavy atom. The van der Waals surface area contributed by atoms with E-state index in [4.69, 9.17) is 0 Å². The van der Waals surface area contributed by atoms with Gasteiger partial charge in [0.1, 0.15) is 5.54 Å². The fourth-order valence-electron chi connectivity index (χ4n) is 2.77. The smallest absolute Gasteiger partial charge is 0.330 e. The van der Waals surface area contributed by atoms with Gasteiger partial charge in [0, 0.05) is 11.4 Å². The molecule has 6 heteroatoms. The average molecular weight is 338 g/mol. The van der Waals surface area contributed by atoms with Crippen molar-refractivity contribution < 1.29 is 9.59 Å². The van der Waals surface area contributed by atoms with Crippen molar-refractivity contribution in [3.05, 3.63) is 60.7 Å². The summed E-state index contributed by atoms with van der Waals surface area (Å²) >= 11 is 0. The number of anilines is 2. The summed E-state index contributed by atoms with van der Waals surface area (Å²) < 4.78 is 0. The first-order valence-corrected chi connectivity index (χ1v) is 8.21. The number of benzene rings is 2. The molecule has 1 aliphatic heterocycles. The molecule has 25 heavy (non-hydrogen) atoms. The first kappa shape index (κ1) is 16.8. The summed E-state index contributed by atoms with van der Waals surface area (Å²) in [5, 5.41) is 6.31. The standard InChI is InChI=1S/C19H22N4O2/c1-19(2)17(24)22(13-20-15-9-5-3-6-10-15)18(25)23(19)14-21-16-11-7-4-8-12-16/h3-12,20-21H,13-14H2,1-2H3. The molecule has 3 rings (SSSR count). The zero-order valence-corrected chi connectivity index (χ0v) is 14.4. The van der Waals surface area contributed by atoms with Crippen LogP contribution in [0.2, 0.25) is 0 Å². The van der Waals surface area contributed by atoms with E-state index >= 15 is 0 Å². The lowest BCUT2D eigenvalue weighted by atomic mass is 10.1. The van der Waals surface area contributed by atoms with Crippen LogP contribution >= 0.6 is 0 Å². The molecule has 2 aromatic carbocycles. The van der Waals surface area contributed by atoms with Crippen molar-refractivity contribution in [2.75, 3.05) is 24.0 Å².